The number of phosphoric acid groups is 1. The Hall–Kier alpha value is -0.470. The van der Waals surface area contributed by atoms with Crippen LogP contribution in [0.3, 0.4) is 0 Å². The van der Waals surface area contributed by atoms with Gasteiger partial charge in [0.05, 0.1) is 6.61 Å². The maximum absolute atomic E-state index is 12.3. The van der Waals surface area contributed by atoms with Gasteiger partial charge in [-0.1, -0.05) is 141 Å². The standard InChI is InChI=1S/C39H73O8P.Na/c1-3-5-7-9-11-13-15-17-19-21-23-25-27-29-31-33-38(40)45-35-37(36-46-48(42,43)44)47-39(41)34-32-30-28-26-24-22-20-18-16-14-12-10-8-6-4-2;/h17-20,37H,3-16,21-36H2,1-2H3,(H2,42,43,44);/q;+1/p-1/b19-17-,20-18-;. The molecule has 2 unspecified atom stereocenters. The quantitative estimate of drug-likeness (QED) is 0.0227. The van der Waals surface area contributed by atoms with Gasteiger partial charge in [-0.05, 0) is 64.2 Å². The molecule has 0 saturated heterocycles. The summed E-state index contributed by atoms with van der Waals surface area (Å²) >= 11 is 0. The minimum atomic E-state index is -5.00. The van der Waals surface area contributed by atoms with E-state index in [2.05, 4.69) is 42.7 Å². The molecule has 0 rings (SSSR count). The van der Waals surface area contributed by atoms with Crippen LogP contribution in [0.15, 0.2) is 24.3 Å². The van der Waals surface area contributed by atoms with Crippen LogP contribution in [0.4, 0.5) is 0 Å². The van der Waals surface area contributed by atoms with Crippen molar-refractivity contribution in [2.45, 2.75) is 200 Å². The molecular formula is C39H72NaO8P. The molecule has 0 aliphatic rings. The molecule has 0 spiro atoms. The van der Waals surface area contributed by atoms with E-state index in [4.69, 9.17) is 14.4 Å². The number of hydrogen-bond acceptors (Lipinski definition) is 7. The average molecular weight is 723 g/mol. The minimum Gasteiger partial charge on any atom is -0.756 e. The summed E-state index contributed by atoms with van der Waals surface area (Å²) in [6, 6.07) is 0. The molecule has 1 N–H and O–H groups in total. The second-order valence-electron chi connectivity index (χ2n) is 13.2. The van der Waals surface area contributed by atoms with Gasteiger partial charge in [-0.3, -0.25) is 14.2 Å². The molecule has 0 aliphatic heterocycles. The van der Waals surface area contributed by atoms with Crippen molar-refractivity contribution < 1.29 is 67.5 Å². The third kappa shape index (κ3) is 41.8. The predicted octanol–water partition coefficient (Wildman–Crippen LogP) is 8.00. The number of carbonyl (C=O) groups excluding carboxylic acids is 2. The fourth-order valence-electron chi connectivity index (χ4n) is 5.48. The van der Waals surface area contributed by atoms with Crippen molar-refractivity contribution in [3.63, 3.8) is 0 Å². The van der Waals surface area contributed by atoms with Crippen molar-refractivity contribution in [2.24, 2.45) is 0 Å². The van der Waals surface area contributed by atoms with Gasteiger partial charge >= 0.3 is 41.5 Å². The number of allylic oxidation sites excluding steroid dienone is 4. The molecule has 0 bridgehead atoms. The number of carbonyl (C=O) groups is 2. The van der Waals surface area contributed by atoms with E-state index in [0.717, 1.165) is 64.2 Å². The van der Waals surface area contributed by atoms with Crippen molar-refractivity contribution >= 4 is 19.8 Å². The summed E-state index contributed by atoms with van der Waals surface area (Å²) in [5, 5.41) is 0. The second kappa shape index (κ2) is 38.8. The zero-order valence-corrected chi connectivity index (χ0v) is 34.7. The molecule has 0 aromatic heterocycles. The largest absolute Gasteiger partial charge is 1.00 e. The van der Waals surface area contributed by atoms with Crippen LogP contribution in [-0.4, -0.2) is 36.1 Å². The van der Waals surface area contributed by atoms with Crippen molar-refractivity contribution in [3.05, 3.63) is 24.3 Å². The summed E-state index contributed by atoms with van der Waals surface area (Å²) in [5.74, 6) is -0.937. The van der Waals surface area contributed by atoms with Gasteiger partial charge < -0.3 is 23.8 Å². The van der Waals surface area contributed by atoms with Crippen LogP contribution in [0.5, 0.6) is 0 Å². The Kier molecular flexibility index (Phi) is 40.0. The zero-order chi connectivity index (χ0) is 35.4. The first-order valence-electron chi connectivity index (χ1n) is 19.6. The summed E-state index contributed by atoms with van der Waals surface area (Å²) in [4.78, 5) is 44.6. The molecule has 49 heavy (non-hydrogen) atoms. The molecule has 0 aliphatic carbocycles. The number of hydrogen-bond donors (Lipinski definition) is 1. The van der Waals surface area contributed by atoms with Crippen LogP contribution in [-0.2, 0) is 28.2 Å². The Morgan fingerprint density at radius 3 is 1.31 bits per heavy atom. The first kappa shape index (κ1) is 50.6. The molecule has 0 heterocycles. The predicted molar refractivity (Wildman–Crippen MR) is 196 cm³/mol. The first-order valence-corrected chi connectivity index (χ1v) is 21.1. The van der Waals surface area contributed by atoms with E-state index in [1.807, 2.05) is 0 Å². The van der Waals surface area contributed by atoms with E-state index in [1.54, 1.807) is 0 Å². The molecule has 8 nitrogen and oxygen atoms in total. The van der Waals surface area contributed by atoms with Crippen LogP contribution in [0, 0.1) is 0 Å². The molecule has 0 fully saturated rings. The fraction of sp³-hybridized carbons (Fsp3) is 0.846. The van der Waals surface area contributed by atoms with Gasteiger partial charge in [-0.15, -0.1) is 0 Å². The fourth-order valence-corrected chi connectivity index (χ4v) is 5.83. The normalized spacial score (nSPS) is 13.4. The monoisotopic (exact) mass is 722 g/mol. The maximum Gasteiger partial charge on any atom is 1.00 e. The summed E-state index contributed by atoms with van der Waals surface area (Å²) in [7, 11) is -5.00. The van der Waals surface area contributed by atoms with Gasteiger partial charge in [0.1, 0.15) is 6.61 Å². The molecule has 0 aromatic rings. The van der Waals surface area contributed by atoms with Gasteiger partial charge in [-0.2, -0.15) is 0 Å². The molecule has 282 valence electrons. The number of esters is 2. The number of rotatable bonds is 36. The summed E-state index contributed by atoms with van der Waals surface area (Å²) in [6.07, 6.45) is 38.7. The molecule has 0 aromatic carbocycles. The molecule has 0 radical (unpaired) electrons. The maximum atomic E-state index is 12.3. The van der Waals surface area contributed by atoms with Crippen LogP contribution < -0.4 is 34.5 Å². The number of unbranched alkanes of at least 4 members (excludes halogenated alkanes) is 22. The van der Waals surface area contributed by atoms with Crippen molar-refractivity contribution in [1.29, 1.82) is 0 Å². The van der Waals surface area contributed by atoms with Gasteiger partial charge in [0.15, 0.2) is 6.10 Å². The van der Waals surface area contributed by atoms with Crippen molar-refractivity contribution in [3.8, 4) is 0 Å². The Morgan fingerprint density at radius 1 is 0.571 bits per heavy atom. The number of phosphoric ester groups is 1. The Morgan fingerprint density at radius 2 is 0.918 bits per heavy atom. The Labute approximate surface area is 322 Å². The van der Waals surface area contributed by atoms with E-state index >= 15 is 0 Å². The van der Waals surface area contributed by atoms with Crippen LogP contribution in [0.25, 0.3) is 0 Å². The van der Waals surface area contributed by atoms with Gasteiger partial charge in [0.25, 0.3) is 7.82 Å². The first-order chi connectivity index (χ1) is 23.3. The summed E-state index contributed by atoms with van der Waals surface area (Å²) in [5.41, 5.74) is 0. The number of ether oxygens (including phenoxy) is 2. The molecule has 0 saturated carbocycles. The summed E-state index contributed by atoms with van der Waals surface area (Å²) in [6.45, 7) is 3.57. The minimum absolute atomic E-state index is 0. The topological polar surface area (TPSA) is 122 Å². The average Bonchev–Trinajstić information content (AvgIpc) is 3.05. The Balaban J connectivity index is 0. The van der Waals surface area contributed by atoms with Crippen LogP contribution >= 0.6 is 7.82 Å². The summed E-state index contributed by atoms with van der Waals surface area (Å²) < 4.78 is 26.0. The third-order valence-electron chi connectivity index (χ3n) is 8.44. The second-order valence-corrected chi connectivity index (χ2v) is 14.4. The molecular weight excluding hydrogens is 650 g/mol. The zero-order valence-electron chi connectivity index (χ0n) is 31.9. The van der Waals surface area contributed by atoms with Crippen molar-refractivity contribution in [1.82, 2.24) is 0 Å². The molecule has 2 atom stereocenters. The van der Waals surface area contributed by atoms with E-state index in [1.165, 1.54) is 89.9 Å². The van der Waals surface area contributed by atoms with Gasteiger partial charge in [-0.25, -0.2) is 0 Å². The Bertz CT molecular complexity index is 845. The van der Waals surface area contributed by atoms with Gasteiger partial charge in [0.2, 0.25) is 0 Å². The van der Waals surface area contributed by atoms with Crippen LogP contribution in [0.1, 0.15) is 194 Å². The van der Waals surface area contributed by atoms with E-state index in [-0.39, 0.29) is 49.0 Å². The van der Waals surface area contributed by atoms with E-state index in [9.17, 15) is 19.0 Å². The van der Waals surface area contributed by atoms with E-state index < -0.39 is 32.5 Å². The van der Waals surface area contributed by atoms with Crippen molar-refractivity contribution in [2.75, 3.05) is 13.2 Å². The molecule has 0 amide bonds. The van der Waals surface area contributed by atoms with Crippen LogP contribution in [0.2, 0.25) is 0 Å². The van der Waals surface area contributed by atoms with Gasteiger partial charge in [0, 0.05) is 12.8 Å². The SMILES string of the molecule is CCCCCCCC/C=C\CCCCCCCC(=O)OCC(COP(=O)([O-])O)OC(=O)CCCCCCC/C=C\CCCCCCCC.[Na+]. The van der Waals surface area contributed by atoms with E-state index in [0.29, 0.717) is 12.8 Å². The third-order valence-corrected chi connectivity index (χ3v) is 8.91. The smallest absolute Gasteiger partial charge is 0.756 e. The molecule has 10 heteroatoms.